The van der Waals surface area contributed by atoms with Crippen LogP contribution in [0.3, 0.4) is 0 Å². The molecular formula is C18H24N4O2. The van der Waals surface area contributed by atoms with Gasteiger partial charge in [-0.1, -0.05) is 0 Å². The van der Waals surface area contributed by atoms with Gasteiger partial charge in [0.2, 0.25) is 11.8 Å². The molecule has 1 fully saturated rings. The molecule has 24 heavy (non-hydrogen) atoms. The summed E-state index contributed by atoms with van der Waals surface area (Å²) < 4.78 is 1.95. The van der Waals surface area contributed by atoms with Gasteiger partial charge in [0, 0.05) is 58.0 Å². The first-order valence-electron chi connectivity index (χ1n) is 8.40. The first-order chi connectivity index (χ1) is 11.6. The van der Waals surface area contributed by atoms with Crippen molar-refractivity contribution in [2.24, 2.45) is 7.05 Å². The summed E-state index contributed by atoms with van der Waals surface area (Å²) >= 11 is 0. The van der Waals surface area contributed by atoms with E-state index in [1.807, 2.05) is 58.3 Å². The summed E-state index contributed by atoms with van der Waals surface area (Å²) in [6, 6.07) is 3.90. The molecule has 0 aliphatic carbocycles. The number of nitrogens with zero attached hydrogens (tertiary/aromatic N) is 3. The fraction of sp³-hybridized carbons (Fsp3) is 0.444. The van der Waals surface area contributed by atoms with E-state index in [2.05, 4.69) is 4.98 Å². The Balaban J connectivity index is 1.52. The SMILES string of the molecule is Cn1ccc(CC(=O)N2CCCN(C(=O)Cc3cc[nH]c3)CC2)c1. The van der Waals surface area contributed by atoms with E-state index in [0.717, 1.165) is 30.6 Å². The summed E-state index contributed by atoms with van der Waals surface area (Å²) in [4.78, 5) is 31.6. The van der Waals surface area contributed by atoms with Crippen molar-refractivity contribution in [3.8, 4) is 0 Å². The molecule has 0 aromatic carbocycles. The minimum absolute atomic E-state index is 0.131. The van der Waals surface area contributed by atoms with Crippen LogP contribution in [-0.4, -0.2) is 57.3 Å². The van der Waals surface area contributed by atoms with Gasteiger partial charge in [-0.2, -0.15) is 0 Å². The largest absolute Gasteiger partial charge is 0.367 e. The average molecular weight is 328 g/mol. The summed E-state index contributed by atoms with van der Waals surface area (Å²) in [6.07, 6.45) is 9.29. The lowest BCUT2D eigenvalue weighted by molar-refractivity contribution is -0.132. The molecule has 0 spiro atoms. The smallest absolute Gasteiger partial charge is 0.227 e. The number of amides is 2. The molecule has 0 saturated carbocycles. The van der Waals surface area contributed by atoms with E-state index in [0.29, 0.717) is 25.9 Å². The number of rotatable bonds is 4. The number of H-pyrrole nitrogens is 1. The van der Waals surface area contributed by atoms with Gasteiger partial charge in [-0.25, -0.2) is 0 Å². The number of carbonyl (C=O) groups excluding carboxylic acids is 2. The number of hydrogen-bond donors (Lipinski definition) is 1. The predicted molar refractivity (Wildman–Crippen MR) is 91.4 cm³/mol. The zero-order valence-electron chi connectivity index (χ0n) is 14.1. The van der Waals surface area contributed by atoms with Gasteiger partial charge in [0.25, 0.3) is 0 Å². The van der Waals surface area contributed by atoms with E-state index in [-0.39, 0.29) is 11.8 Å². The Hall–Kier alpha value is -2.50. The van der Waals surface area contributed by atoms with Crippen molar-refractivity contribution in [3.05, 3.63) is 48.0 Å². The second-order valence-electron chi connectivity index (χ2n) is 6.37. The van der Waals surface area contributed by atoms with Crippen molar-refractivity contribution in [2.75, 3.05) is 26.2 Å². The van der Waals surface area contributed by atoms with Crippen LogP contribution in [0.5, 0.6) is 0 Å². The van der Waals surface area contributed by atoms with E-state index < -0.39 is 0 Å². The topological polar surface area (TPSA) is 61.3 Å². The summed E-state index contributed by atoms with van der Waals surface area (Å²) in [5.74, 6) is 0.271. The summed E-state index contributed by atoms with van der Waals surface area (Å²) in [7, 11) is 1.95. The molecular weight excluding hydrogens is 304 g/mol. The number of carbonyl (C=O) groups is 2. The quantitative estimate of drug-likeness (QED) is 0.917. The van der Waals surface area contributed by atoms with E-state index >= 15 is 0 Å². The molecule has 0 atom stereocenters. The van der Waals surface area contributed by atoms with Crippen molar-refractivity contribution in [2.45, 2.75) is 19.3 Å². The number of aromatic amines is 1. The molecule has 0 unspecified atom stereocenters. The number of aromatic nitrogens is 2. The molecule has 128 valence electrons. The lowest BCUT2D eigenvalue weighted by Crippen LogP contribution is -2.38. The highest BCUT2D eigenvalue weighted by atomic mass is 16.2. The fourth-order valence-corrected chi connectivity index (χ4v) is 3.12. The van der Waals surface area contributed by atoms with E-state index in [4.69, 9.17) is 0 Å². The average Bonchev–Trinajstić information content (AvgIpc) is 3.12. The van der Waals surface area contributed by atoms with Crippen LogP contribution in [0.1, 0.15) is 17.5 Å². The third kappa shape index (κ3) is 4.07. The molecule has 1 N–H and O–H groups in total. The Labute approximate surface area is 142 Å². The lowest BCUT2D eigenvalue weighted by atomic mass is 10.2. The van der Waals surface area contributed by atoms with Crippen LogP contribution in [0.25, 0.3) is 0 Å². The van der Waals surface area contributed by atoms with Crippen LogP contribution in [-0.2, 0) is 29.5 Å². The second kappa shape index (κ2) is 7.38. The van der Waals surface area contributed by atoms with Crippen molar-refractivity contribution in [3.63, 3.8) is 0 Å². The van der Waals surface area contributed by atoms with Gasteiger partial charge >= 0.3 is 0 Å². The van der Waals surface area contributed by atoms with Crippen LogP contribution in [0.2, 0.25) is 0 Å². The van der Waals surface area contributed by atoms with Gasteiger partial charge in [0.15, 0.2) is 0 Å². The van der Waals surface area contributed by atoms with E-state index in [9.17, 15) is 9.59 Å². The maximum Gasteiger partial charge on any atom is 0.227 e. The van der Waals surface area contributed by atoms with Crippen LogP contribution in [0.15, 0.2) is 36.9 Å². The van der Waals surface area contributed by atoms with Gasteiger partial charge < -0.3 is 19.4 Å². The second-order valence-corrected chi connectivity index (χ2v) is 6.37. The third-order valence-corrected chi connectivity index (χ3v) is 4.47. The van der Waals surface area contributed by atoms with Crippen LogP contribution >= 0.6 is 0 Å². The fourth-order valence-electron chi connectivity index (χ4n) is 3.12. The van der Waals surface area contributed by atoms with Crippen molar-refractivity contribution in [1.29, 1.82) is 0 Å². The highest BCUT2D eigenvalue weighted by Gasteiger charge is 2.22. The summed E-state index contributed by atoms with van der Waals surface area (Å²) in [5.41, 5.74) is 2.04. The molecule has 3 heterocycles. The molecule has 2 aromatic rings. The molecule has 6 nitrogen and oxygen atoms in total. The van der Waals surface area contributed by atoms with Crippen molar-refractivity contribution < 1.29 is 9.59 Å². The molecule has 1 aliphatic rings. The molecule has 3 rings (SSSR count). The molecule has 2 aromatic heterocycles. The van der Waals surface area contributed by atoms with Crippen molar-refractivity contribution >= 4 is 11.8 Å². The number of nitrogens with one attached hydrogen (secondary N) is 1. The Morgan fingerprint density at radius 2 is 1.67 bits per heavy atom. The van der Waals surface area contributed by atoms with Gasteiger partial charge in [0.1, 0.15) is 0 Å². The zero-order chi connectivity index (χ0) is 16.9. The van der Waals surface area contributed by atoms with Gasteiger partial charge in [-0.15, -0.1) is 0 Å². The normalized spacial score (nSPS) is 15.4. The predicted octanol–water partition coefficient (Wildman–Crippen LogP) is 1.20. The Bertz CT molecular complexity index is 690. The molecule has 2 amide bonds. The first-order valence-corrected chi connectivity index (χ1v) is 8.40. The maximum atomic E-state index is 12.5. The lowest BCUT2D eigenvalue weighted by Gasteiger charge is -2.22. The van der Waals surface area contributed by atoms with Crippen LogP contribution in [0, 0.1) is 0 Å². The van der Waals surface area contributed by atoms with E-state index in [1.165, 1.54) is 0 Å². The Morgan fingerprint density at radius 3 is 2.21 bits per heavy atom. The molecule has 1 aliphatic heterocycles. The minimum atomic E-state index is 0.131. The van der Waals surface area contributed by atoms with Crippen LogP contribution in [0.4, 0.5) is 0 Å². The highest BCUT2D eigenvalue weighted by Crippen LogP contribution is 2.10. The van der Waals surface area contributed by atoms with Gasteiger partial charge in [-0.05, 0) is 29.7 Å². The third-order valence-electron chi connectivity index (χ3n) is 4.47. The molecule has 0 radical (unpaired) electrons. The monoisotopic (exact) mass is 328 g/mol. The number of aryl methyl sites for hydroxylation is 1. The molecule has 1 saturated heterocycles. The standard InChI is InChI=1S/C18H24N4O2/c1-20-8-4-16(14-20)12-18(24)22-7-2-6-21(9-10-22)17(23)11-15-3-5-19-13-15/h3-5,8,13-14,19H,2,6-7,9-12H2,1H3. The molecule has 6 heteroatoms. The number of hydrogen-bond acceptors (Lipinski definition) is 2. The summed E-state index contributed by atoms with van der Waals surface area (Å²) in [5, 5.41) is 0. The van der Waals surface area contributed by atoms with Crippen LogP contribution < -0.4 is 0 Å². The minimum Gasteiger partial charge on any atom is -0.367 e. The maximum absolute atomic E-state index is 12.5. The molecule has 0 bridgehead atoms. The Kier molecular flexibility index (Phi) is 5.03. The van der Waals surface area contributed by atoms with Gasteiger partial charge in [0.05, 0.1) is 12.8 Å². The van der Waals surface area contributed by atoms with Crippen molar-refractivity contribution in [1.82, 2.24) is 19.4 Å². The van der Waals surface area contributed by atoms with Gasteiger partial charge in [-0.3, -0.25) is 9.59 Å². The van der Waals surface area contributed by atoms with E-state index in [1.54, 1.807) is 0 Å². The first kappa shape index (κ1) is 16.4. The summed E-state index contributed by atoms with van der Waals surface area (Å²) in [6.45, 7) is 2.67. The zero-order valence-corrected chi connectivity index (χ0v) is 14.1. The highest BCUT2D eigenvalue weighted by molar-refractivity contribution is 5.80. The Morgan fingerprint density at radius 1 is 1.00 bits per heavy atom.